The number of hydrogen-bond acceptors (Lipinski definition) is 3. The van der Waals surface area contributed by atoms with Crippen LogP contribution in [0.4, 0.5) is 5.69 Å². The fraction of sp³-hybridized carbons (Fsp3) is 0.200. The Bertz CT molecular complexity index is 444. The molecule has 0 bridgehead atoms. The monoisotopic (exact) mass is 225 g/mol. The summed E-state index contributed by atoms with van der Waals surface area (Å²) in [7, 11) is 0. The molecule has 1 unspecified atom stereocenters. The molecule has 0 aliphatic carbocycles. The Labute approximate surface area is 91.2 Å². The van der Waals surface area contributed by atoms with Crippen LogP contribution >= 0.6 is 11.6 Å². The maximum Gasteiger partial charge on any atom is 0.265 e. The zero-order valence-corrected chi connectivity index (χ0v) is 8.67. The molecule has 1 amide bonds. The number of carbonyl (C=O) groups is 2. The topological polar surface area (TPSA) is 55.4 Å². The Hall–Kier alpha value is -1.55. The maximum absolute atomic E-state index is 11.3. The highest BCUT2D eigenvalue weighted by Gasteiger charge is 2.23. The lowest BCUT2D eigenvalue weighted by atomic mass is 10.1. The molecule has 1 aliphatic heterocycles. The summed E-state index contributed by atoms with van der Waals surface area (Å²) in [4.78, 5) is 22.2. The number of hydrogen-bond donors (Lipinski definition) is 1. The van der Waals surface area contributed by atoms with E-state index in [4.69, 9.17) is 16.3 Å². The predicted molar refractivity (Wildman–Crippen MR) is 55.3 cm³/mol. The van der Waals surface area contributed by atoms with E-state index in [9.17, 15) is 9.59 Å². The Balaban J connectivity index is 2.41. The number of rotatable bonds is 1. The molecule has 2 rings (SSSR count). The first kappa shape index (κ1) is 9.98. The van der Waals surface area contributed by atoms with Crippen LogP contribution in [0, 0.1) is 0 Å². The summed E-state index contributed by atoms with van der Waals surface area (Å²) in [5.74, 6) is 0.311. The zero-order valence-electron chi connectivity index (χ0n) is 7.91. The van der Waals surface area contributed by atoms with E-state index in [0.717, 1.165) is 0 Å². The smallest absolute Gasteiger partial charge is 0.265 e. The molecule has 1 N–H and O–H groups in total. The maximum atomic E-state index is 11.3. The van der Waals surface area contributed by atoms with Crippen molar-refractivity contribution in [3.8, 4) is 5.75 Å². The van der Waals surface area contributed by atoms with Gasteiger partial charge in [-0.05, 0) is 36.7 Å². The molecule has 0 aromatic heterocycles. The average Bonchev–Trinajstić information content (AvgIpc) is 2.19. The van der Waals surface area contributed by atoms with Crippen molar-refractivity contribution in [3.63, 3.8) is 0 Å². The molecule has 1 aromatic rings. The van der Waals surface area contributed by atoms with E-state index in [1.54, 1.807) is 19.1 Å². The second-order valence-corrected chi connectivity index (χ2v) is 3.58. The standard InChI is InChI=1S/C10H8ClNO3/c1-5-10(14)12-7-4-6(9(11)13)2-3-8(7)15-5/h2-5H,1H3,(H,12,14). The second kappa shape index (κ2) is 3.55. The minimum atomic E-state index is -0.564. The van der Waals surface area contributed by atoms with Crippen LogP contribution < -0.4 is 10.1 Å². The van der Waals surface area contributed by atoms with Gasteiger partial charge in [0.2, 0.25) is 0 Å². The van der Waals surface area contributed by atoms with Gasteiger partial charge in [-0.2, -0.15) is 0 Å². The van der Waals surface area contributed by atoms with Gasteiger partial charge in [-0.15, -0.1) is 0 Å². The van der Waals surface area contributed by atoms with Crippen LogP contribution in [-0.2, 0) is 4.79 Å². The number of fused-ring (bicyclic) bond motifs is 1. The normalized spacial score (nSPS) is 18.8. The number of ether oxygens (including phenoxy) is 1. The molecule has 0 saturated carbocycles. The average molecular weight is 226 g/mol. The summed E-state index contributed by atoms with van der Waals surface area (Å²) in [6.07, 6.45) is -0.518. The number of anilines is 1. The fourth-order valence-electron chi connectivity index (χ4n) is 1.33. The van der Waals surface area contributed by atoms with E-state index in [1.807, 2.05) is 0 Å². The molecule has 0 spiro atoms. The SMILES string of the molecule is CC1Oc2ccc(C(=O)Cl)cc2NC1=O. The van der Waals surface area contributed by atoms with Gasteiger partial charge >= 0.3 is 0 Å². The lowest BCUT2D eigenvalue weighted by Gasteiger charge is -2.23. The van der Waals surface area contributed by atoms with Crippen LogP contribution in [0.15, 0.2) is 18.2 Å². The van der Waals surface area contributed by atoms with E-state index in [2.05, 4.69) is 5.32 Å². The minimum absolute atomic E-state index is 0.235. The van der Waals surface area contributed by atoms with Crippen LogP contribution in [0.5, 0.6) is 5.75 Å². The molecule has 0 radical (unpaired) electrons. The van der Waals surface area contributed by atoms with Gasteiger partial charge in [-0.3, -0.25) is 9.59 Å². The third-order valence-electron chi connectivity index (χ3n) is 2.14. The lowest BCUT2D eigenvalue weighted by Crippen LogP contribution is -2.34. The van der Waals surface area contributed by atoms with E-state index in [1.165, 1.54) is 6.07 Å². The summed E-state index contributed by atoms with van der Waals surface area (Å²) in [5, 5.41) is 2.07. The van der Waals surface area contributed by atoms with Crippen molar-refractivity contribution in [2.75, 3.05) is 5.32 Å². The van der Waals surface area contributed by atoms with Crippen LogP contribution in [-0.4, -0.2) is 17.3 Å². The first-order chi connectivity index (χ1) is 7.08. The largest absolute Gasteiger partial charge is 0.479 e. The van der Waals surface area contributed by atoms with Gasteiger partial charge in [-0.1, -0.05) is 0 Å². The molecular weight excluding hydrogens is 218 g/mol. The quantitative estimate of drug-likeness (QED) is 0.742. The molecule has 1 heterocycles. The molecule has 4 nitrogen and oxygen atoms in total. The van der Waals surface area contributed by atoms with Crippen molar-refractivity contribution in [2.45, 2.75) is 13.0 Å². The highest BCUT2D eigenvalue weighted by atomic mass is 35.5. The number of amides is 1. The first-order valence-corrected chi connectivity index (χ1v) is 4.77. The third-order valence-corrected chi connectivity index (χ3v) is 2.36. The van der Waals surface area contributed by atoms with Gasteiger partial charge in [0.05, 0.1) is 5.69 Å². The molecule has 0 saturated heterocycles. The summed E-state index contributed by atoms with van der Waals surface area (Å²) < 4.78 is 5.31. The van der Waals surface area contributed by atoms with Crippen LogP contribution in [0.3, 0.4) is 0 Å². The van der Waals surface area contributed by atoms with Crippen LogP contribution in [0.25, 0.3) is 0 Å². The van der Waals surface area contributed by atoms with Crippen molar-refractivity contribution < 1.29 is 14.3 Å². The van der Waals surface area contributed by atoms with Gasteiger partial charge in [-0.25, -0.2) is 0 Å². The number of carbonyl (C=O) groups excluding carboxylic acids is 2. The molecule has 0 fully saturated rings. The van der Waals surface area contributed by atoms with Gasteiger partial charge in [0, 0.05) is 5.56 Å². The van der Waals surface area contributed by atoms with Gasteiger partial charge in [0.25, 0.3) is 11.1 Å². The lowest BCUT2D eigenvalue weighted by molar-refractivity contribution is -0.122. The Morgan fingerprint density at radius 1 is 1.53 bits per heavy atom. The number of halogens is 1. The number of nitrogens with one attached hydrogen (secondary N) is 1. The highest BCUT2D eigenvalue weighted by Crippen LogP contribution is 2.30. The van der Waals surface area contributed by atoms with Crippen LogP contribution in [0.2, 0.25) is 0 Å². The van der Waals surface area contributed by atoms with Crippen molar-refractivity contribution >= 4 is 28.4 Å². The van der Waals surface area contributed by atoms with E-state index in [0.29, 0.717) is 17.0 Å². The Morgan fingerprint density at radius 2 is 2.27 bits per heavy atom. The van der Waals surface area contributed by atoms with Crippen molar-refractivity contribution in [3.05, 3.63) is 23.8 Å². The zero-order chi connectivity index (χ0) is 11.0. The second-order valence-electron chi connectivity index (χ2n) is 3.23. The van der Waals surface area contributed by atoms with Crippen molar-refractivity contribution in [1.82, 2.24) is 0 Å². The number of benzene rings is 1. The summed E-state index contributed by atoms with van der Waals surface area (Å²) in [5.41, 5.74) is 0.804. The van der Waals surface area contributed by atoms with Crippen molar-refractivity contribution in [2.24, 2.45) is 0 Å². The van der Waals surface area contributed by atoms with E-state index < -0.39 is 11.3 Å². The van der Waals surface area contributed by atoms with Gasteiger partial charge in [0.1, 0.15) is 5.75 Å². The van der Waals surface area contributed by atoms with Gasteiger partial charge < -0.3 is 10.1 Å². The molecule has 1 atom stereocenters. The molecule has 78 valence electrons. The fourth-order valence-corrected chi connectivity index (χ4v) is 1.45. The van der Waals surface area contributed by atoms with E-state index >= 15 is 0 Å². The molecule has 1 aliphatic rings. The summed E-state index contributed by atoms with van der Waals surface area (Å²) in [6, 6.07) is 4.66. The molecule has 5 heteroatoms. The highest BCUT2D eigenvalue weighted by molar-refractivity contribution is 6.67. The molecular formula is C10H8ClNO3. The Kier molecular flexibility index (Phi) is 2.36. The first-order valence-electron chi connectivity index (χ1n) is 4.39. The Morgan fingerprint density at radius 3 is 2.93 bits per heavy atom. The third kappa shape index (κ3) is 1.80. The van der Waals surface area contributed by atoms with Crippen molar-refractivity contribution in [1.29, 1.82) is 0 Å². The summed E-state index contributed by atoms with van der Waals surface area (Å²) >= 11 is 5.32. The van der Waals surface area contributed by atoms with Gasteiger partial charge in [0.15, 0.2) is 6.10 Å². The molecule has 15 heavy (non-hydrogen) atoms. The molecule has 1 aromatic carbocycles. The van der Waals surface area contributed by atoms with E-state index in [-0.39, 0.29) is 5.91 Å². The predicted octanol–water partition coefficient (Wildman–Crippen LogP) is 1.78. The van der Waals surface area contributed by atoms with Crippen LogP contribution in [0.1, 0.15) is 17.3 Å². The minimum Gasteiger partial charge on any atom is -0.479 e. The summed E-state index contributed by atoms with van der Waals surface area (Å²) in [6.45, 7) is 1.65.